The van der Waals surface area contributed by atoms with Gasteiger partial charge in [-0.2, -0.15) is 0 Å². The van der Waals surface area contributed by atoms with E-state index in [0.717, 1.165) is 29.8 Å². The summed E-state index contributed by atoms with van der Waals surface area (Å²) < 4.78 is 15.1. The van der Waals surface area contributed by atoms with E-state index in [0.29, 0.717) is 19.4 Å². The molecule has 3 aliphatic rings. The van der Waals surface area contributed by atoms with Gasteiger partial charge in [-0.05, 0) is 49.1 Å². The Hall–Kier alpha value is -2.31. The lowest BCUT2D eigenvalue weighted by Gasteiger charge is -2.34. The standard InChI is InChI=1S/C24H24Cl2FN3O2/c1-3-19(31)30-11-10-24(13-30,20-17(27)7-6-16(25)21(20)26)28-14-4-5-15-18(12-14)29(2)22(32)23(15)8-9-23/h4-7,12,28H,3,8-11,13H2,1-2H3/t24-/m0/s1. The van der Waals surface area contributed by atoms with Crippen LogP contribution in [-0.2, 0) is 20.5 Å². The molecule has 1 aliphatic carbocycles. The summed E-state index contributed by atoms with van der Waals surface area (Å²) >= 11 is 12.8. The third-order valence-corrected chi connectivity index (χ3v) is 7.97. The first-order valence-electron chi connectivity index (χ1n) is 10.8. The normalized spacial score (nSPS) is 23.1. The van der Waals surface area contributed by atoms with E-state index in [1.54, 1.807) is 16.8 Å². The molecule has 2 aliphatic heterocycles. The van der Waals surface area contributed by atoms with E-state index >= 15 is 4.39 Å². The van der Waals surface area contributed by atoms with Crippen LogP contribution in [0, 0.1) is 5.82 Å². The lowest BCUT2D eigenvalue weighted by atomic mass is 9.87. The third-order valence-electron chi connectivity index (χ3n) is 7.17. The third kappa shape index (κ3) is 3.03. The van der Waals surface area contributed by atoms with Gasteiger partial charge in [0.25, 0.3) is 0 Å². The maximum absolute atomic E-state index is 15.1. The Labute approximate surface area is 196 Å². The fraction of sp³-hybridized carbons (Fsp3) is 0.417. The maximum atomic E-state index is 15.1. The Morgan fingerprint density at radius 1 is 1.19 bits per heavy atom. The molecule has 2 amide bonds. The van der Waals surface area contributed by atoms with E-state index in [4.69, 9.17) is 23.2 Å². The second-order valence-corrected chi connectivity index (χ2v) is 9.81. The van der Waals surface area contributed by atoms with Crippen LogP contribution < -0.4 is 10.2 Å². The summed E-state index contributed by atoms with van der Waals surface area (Å²) in [7, 11) is 1.79. The van der Waals surface area contributed by atoms with E-state index in [9.17, 15) is 9.59 Å². The van der Waals surface area contributed by atoms with Crippen molar-refractivity contribution < 1.29 is 14.0 Å². The van der Waals surface area contributed by atoms with Crippen molar-refractivity contribution in [2.45, 2.75) is 43.6 Å². The van der Waals surface area contributed by atoms with Crippen LogP contribution in [0.4, 0.5) is 15.8 Å². The van der Waals surface area contributed by atoms with E-state index in [1.807, 2.05) is 25.1 Å². The van der Waals surface area contributed by atoms with Gasteiger partial charge in [0.2, 0.25) is 11.8 Å². The van der Waals surface area contributed by atoms with Crippen LogP contribution in [0.1, 0.15) is 43.7 Å². The number of rotatable bonds is 4. The monoisotopic (exact) mass is 475 g/mol. The number of halogens is 3. The summed E-state index contributed by atoms with van der Waals surface area (Å²) in [4.78, 5) is 28.6. The van der Waals surface area contributed by atoms with Crippen LogP contribution in [0.3, 0.4) is 0 Å². The van der Waals surface area contributed by atoms with Gasteiger partial charge in [-0.1, -0.05) is 36.2 Å². The van der Waals surface area contributed by atoms with Crippen molar-refractivity contribution in [2.75, 3.05) is 30.4 Å². The van der Waals surface area contributed by atoms with Crippen molar-refractivity contribution in [3.63, 3.8) is 0 Å². The van der Waals surface area contributed by atoms with Crippen LogP contribution in [0.2, 0.25) is 10.0 Å². The van der Waals surface area contributed by atoms with Crippen LogP contribution >= 0.6 is 23.2 Å². The molecular formula is C24H24Cl2FN3O2. The Morgan fingerprint density at radius 2 is 1.94 bits per heavy atom. The van der Waals surface area contributed by atoms with E-state index < -0.39 is 11.4 Å². The van der Waals surface area contributed by atoms with Crippen LogP contribution in [0.5, 0.6) is 0 Å². The molecule has 0 radical (unpaired) electrons. The van der Waals surface area contributed by atoms with Crippen molar-refractivity contribution in [3.05, 3.63) is 57.3 Å². The number of likely N-dealkylation sites (tertiary alicyclic amines) is 1. The van der Waals surface area contributed by atoms with Crippen molar-refractivity contribution in [2.24, 2.45) is 0 Å². The van der Waals surface area contributed by atoms with E-state index in [2.05, 4.69) is 5.32 Å². The Kier molecular flexibility index (Phi) is 4.95. The van der Waals surface area contributed by atoms with Gasteiger partial charge in [-0.3, -0.25) is 9.59 Å². The number of nitrogens with zero attached hydrogens (tertiary/aromatic N) is 2. The summed E-state index contributed by atoms with van der Waals surface area (Å²) in [6.07, 6.45) is 2.59. The molecule has 5 nitrogen and oxygen atoms in total. The fourth-order valence-electron chi connectivity index (χ4n) is 5.30. The first-order valence-corrected chi connectivity index (χ1v) is 11.6. The molecule has 1 atom stereocenters. The minimum absolute atomic E-state index is 0.00203. The van der Waals surface area contributed by atoms with Crippen molar-refractivity contribution >= 4 is 46.4 Å². The first kappa shape index (κ1) is 21.5. The molecule has 8 heteroatoms. The topological polar surface area (TPSA) is 52.7 Å². The molecule has 0 bridgehead atoms. The molecule has 1 saturated carbocycles. The zero-order valence-corrected chi connectivity index (χ0v) is 19.5. The van der Waals surface area contributed by atoms with Crippen LogP contribution in [0.15, 0.2) is 30.3 Å². The number of anilines is 2. The van der Waals surface area contributed by atoms with Crippen LogP contribution in [0.25, 0.3) is 0 Å². The molecule has 168 valence electrons. The lowest BCUT2D eigenvalue weighted by molar-refractivity contribution is -0.130. The van der Waals surface area contributed by atoms with Gasteiger partial charge in [0.15, 0.2) is 0 Å². The molecule has 1 N–H and O–H groups in total. The number of fused-ring (bicyclic) bond motifs is 2. The number of nitrogens with one attached hydrogen (secondary N) is 1. The highest BCUT2D eigenvalue weighted by Gasteiger charge is 2.58. The minimum atomic E-state index is -0.941. The zero-order chi connectivity index (χ0) is 22.8. The molecule has 0 unspecified atom stereocenters. The average molecular weight is 476 g/mol. The summed E-state index contributed by atoms with van der Waals surface area (Å²) in [5.74, 6) is -0.339. The Morgan fingerprint density at radius 3 is 2.62 bits per heavy atom. The van der Waals surface area contributed by atoms with E-state index in [-0.39, 0.29) is 39.4 Å². The molecule has 2 fully saturated rings. The van der Waals surface area contributed by atoms with Crippen LogP contribution in [-0.4, -0.2) is 36.9 Å². The molecule has 32 heavy (non-hydrogen) atoms. The van der Waals surface area contributed by atoms with Gasteiger partial charge >= 0.3 is 0 Å². The molecule has 0 aromatic heterocycles. The number of amides is 2. The maximum Gasteiger partial charge on any atom is 0.237 e. The number of likely N-dealkylation sites (N-methyl/N-ethyl adjacent to an activating group) is 1. The van der Waals surface area contributed by atoms with Gasteiger partial charge in [0.1, 0.15) is 5.82 Å². The summed E-state index contributed by atoms with van der Waals surface area (Å²) in [5.41, 5.74) is 1.61. The van der Waals surface area contributed by atoms with Crippen molar-refractivity contribution in [3.8, 4) is 0 Å². The Bertz CT molecular complexity index is 1150. The first-order chi connectivity index (χ1) is 15.2. The highest BCUT2D eigenvalue weighted by Crippen LogP contribution is 2.57. The fourth-order valence-corrected chi connectivity index (χ4v) is 5.79. The predicted octanol–water partition coefficient (Wildman–Crippen LogP) is 5.09. The van der Waals surface area contributed by atoms with Crippen molar-refractivity contribution in [1.29, 1.82) is 0 Å². The molecular weight excluding hydrogens is 452 g/mol. The Balaban J connectivity index is 1.58. The highest BCUT2D eigenvalue weighted by molar-refractivity contribution is 6.42. The number of carbonyl (C=O) groups is 2. The smallest absolute Gasteiger partial charge is 0.237 e. The molecule has 2 aromatic rings. The second-order valence-electron chi connectivity index (χ2n) is 9.02. The van der Waals surface area contributed by atoms with Gasteiger partial charge in [-0.15, -0.1) is 0 Å². The van der Waals surface area contributed by atoms with Crippen molar-refractivity contribution in [1.82, 2.24) is 4.90 Å². The molecule has 2 aromatic carbocycles. The minimum Gasteiger partial charge on any atom is -0.373 e. The van der Waals surface area contributed by atoms with E-state index in [1.165, 1.54) is 12.1 Å². The SMILES string of the molecule is CCC(=O)N1CC[C@@](Nc2ccc3c(c2)N(C)C(=O)C32CC2)(c2c(F)ccc(Cl)c2Cl)C1. The van der Waals surface area contributed by atoms with Gasteiger partial charge in [0, 0.05) is 43.5 Å². The number of carbonyl (C=O) groups excluding carboxylic acids is 2. The predicted molar refractivity (Wildman–Crippen MR) is 124 cm³/mol. The van der Waals surface area contributed by atoms with Gasteiger partial charge in [-0.25, -0.2) is 4.39 Å². The quantitative estimate of drug-likeness (QED) is 0.626. The molecule has 2 heterocycles. The summed E-state index contributed by atoms with van der Waals surface area (Å²) in [6, 6.07) is 8.59. The molecule has 1 spiro atoms. The molecule has 1 saturated heterocycles. The lowest BCUT2D eigenvalue weighted by Crippen LogP contribution is -2.41. The molecule has 5 rings (SSSR count). The largest absolute Gasteiger partial charge is 0.373 e. The number of hydrogen-bond donors (Lipinski definition) is 1. The van der Waals surface area contributed by atoms with Gasteiger partial charge in [0.05, 0.1) is 21.0 Å². The summed E-state index contributed by atoms with van der Waals surface area (Å²) in [6.45, 7) is 2.56. The summed E-state index contributed by atoms with van der Waals surface area (Å²) in [5, 5.41) is 3.90. The number of hydrogen-bond acceptors (Lipinski definition) is 3. The van der Waals surface area contributed by atoms with Gasteiger partial charge < -0.3 is 15.1 Å². The zero-order valence-electron chi connectivity index (χ0n) is 18.0. The highest BCUT2D eigenvalue weighted by atomic mass is 35.5. The number of benzene rings is 2. The average Bonchev–Trinajstić information content (AvgIpc) is 3.44. The second kappa shape index (κ2) is 7.35.